The molecule has 1 rings (SSSR count). The van der Waals surface area contributed by atoms with E-state index in [1.807, 2.05) is 0 Å². The average molecular weight is 420 g/mol. The van der Waals surface area contributed by atoms with E-state index in [0.717, 1.165) is 0 Å². The fourth-order valence-corrected chi connectivity index (χ4v) is 1.90. The second-order valence-electron chi connectivity index (χ2n) is 6.30. The van der Waals surface area contributed by atoms with Crippen molar-refractivity contribution >= 4 is 23.9 Å². The van der Waals surface area contributed by atoms with Crippen LogP contribution in [0.5, 0.6) is 0 Å². The molecule has 0 aliphatic carbocycles. The monoisotopic (exact) mass is 420 g/mol. The number of ether oxygens (including phenoxy) is 4. The van der Waals surface area contributed by atoms with Gasteiger partial charge in [0.05, 0.1) is 11.1 Å². The van der Waals surface area contributed by atoms with Gasteiger partial charge in [0.25, 0.3) is 6.29 Å². The number of carbonyl (C=O) groups excluding carboxylic acids is 4. The van der Waals surface area contributed by atoms with Crippen LogP contribution < -0.4 is 0 Å². The summed E-state index contributed by atoms with van der Waals surface area (Å²) >= 11 is 0. The third-order valence-corrected chi connectivity index (χ3v) is 3.45. The minimum Gasteiger partial charge on any atom is -0.459 e. The number of aliphatic hydroxyl groups excluding tert-OH is 1. The lowest BCUT2D eigenvalue weighted by Gasteiger charge is -2.21. The van der Waals surface area contributed by atoms with Crippen LogP contribution in [0.25, 0.3) is 0 Å². The highest BCUT2D eigenvalue weighted by Gasteiger charge is 2.27. The lowest BCUT2D eigenvalue weighted by molar-refractivity contribution is -0.181. The zero-order chi connectivity index (χ0) is 22.8. The quantitative estimate of drug-likeness (QED) is 0.199. The number of hydrogen-bond donors (Lipinski definition) is 1. The second kappa shape index (κ2) is 11.5. The summed E-state index contributed by atoms with van der Waals surface area (Å²) in [6.07, 6.45) is -2.94. The molecule has 0 aliphatic heterocycles. The van der Waals surface area contributed by atoms with Gasteiger partial charge in [-0.05, 0) is 32.9 Å². The first-order chi connectivity index (χ1) is 14.0. The minimum atomic E-state index is -1.60. The summed E-state index contributed by atoms with van der Waals surface area (Å²) in [5, 5.41) is 9.72. The van der Waals surface area contributed by atoms with Crippen molar-refractivity contribution in [3.63, 3.8) is 0 Å². The molecule has 1 N–H and O–H groups in total. The van der Waals surface area contributed by atoms with Crippen molar-refractivity contribution in [1.29, 1.82) is 0 Å². The largest absolute Gasteiger partial charge is 0.459 e. The van der Waals surface area contributed by atoms with Gasteiger partial charge in [-0.15, -0.1) is 0 Å². The van der Waals surface area contributed by atoms with Crippen LogP contribution in [-0.2, 0) is 28.5 Å². The molecule has 0 aliphatic rings. The number of rotatable bonds is 10. The molecule has 9 nitrogen and oxygen atoms in total. The molecular formula is C21H24O9. The fourth-order valence-electron chi connectivity index (χ4n) is 1.90. The van der Waals surface area contributed by atoms with Crippen molar-refractivity contribution < 1.29 is 43.2 Å². The van der Waals surface area contributed by atoms with Crippen molar-refractivity contribution in [2.24, 2.45) is 0 Å². The Hall–Kier alpha value is -3.46. The number of carbonyl (C=O) groups is 4. The molecule has 2 unspecified atom stereocenters. The predicted octanol–water partition coefficient (Wildman–Crippen LogP) is 1.95. The molecule has 0 saturated carbocycles. The van der Waals surface area contributed by atoms with Crippen molar-refractivity contribution in [3.8, 4) is 0 Å². The lowest BCUT2D eigenvalue weighted by atomic mass is 10.1. The van der Waals surface area contributed by atoms with Gasteiger partial charge in [-0.2, -0.15) is 0 Å². The number of esters is 4. The van der Waals surface area contributed by atoms with E-state index >= 15 is 0 Å². The van der Waals surface area contributed by atoms with Gasteiger partial charge >= 0.3 is 23.9 Å². The number of benzene rings is 1. The van der Waals surface area contributed by atoms with Crippen molar-refractivity contribution in [2.45, 2.75) is 33.2 Å². The highest BCUT2D eigenvalue weighted by molar-refractivity contribution is 6.03. The van der Waals surface area contributed by atoms with Crippen molar-refractivity contribution in [3.05, 3.63) is 59.7 Å². The Morgan fingerprint density at radius 1 is 0.867 bits per heavy atom. The third-order valence-electron chi connectivity index (χ3n) is 3.45. The van der Waals surface area contributed by atoms with Crippen molar-refractivity contribution in [1.82, 2.24) is 0 Å². The molecule has 0 amide bonds. The van der Waals surface area contributed by atoms with Gasteiger partial charge in [-0.25, -0.2) is 19.2 Å². The van der Waals surface area contributed by atoms with Crippen LogP contribution in [-0.4, -0.2) is 54.6 Å². The van der Waals surface area contributed by atoms with E-state index in [2.05, 4.69) is 13.2 Å². The van der Waals surface area contributed by atoms with Crippen LogP contribution in [0.4, 0.5) is 0 Å². The van der Waals surface area contributed by atoms with Crippen molar-refractivity contribution in [2.75, 3.05) is 13.2 Å². The van der Waals surface area contributed by atoms with Gasteiger partial charge in [0.1, 0.15) is 19.3 Å². The van der Waals surface area contributed by atoms with E-state index in [9.17, 15) is 24.3 Å². The highest BCUT2D eigenvalue weighted by Crippen LogP contribution is 2.15. The topological polar surface area (TPSA) is 125 Å². The molecule has 162 valence electrons. The molecular weight excluding hydrogens is 396 g/mol. The van der Waals surface area contributed by atoms with E-state index in [-0.39, 0.29) is 35.5 Å². The van der Waals surface area contributed by atoms with Crippen LogP contribution in [0.3, 0.4) is 0 Å². The van der Waals surface area contributed by atoms with E-state index in [4.69, 9.17) is 18.9 Å². The van der Waals surface area contributed by atoms with E-state index in [1.165, 1.54) is 45.0 Å². The fraction of sp³-hybridized carbons (Fsp3) is 0.333. The van der Waals surface area contributed by atoms with Gasteiger partial charge in [-0.3, -0.25) is 0 Å². The van der Waals surface area contributed by atoms with E-state index in [1.54, 1.807) is 0 Å². The first kappa shape index (κ1) is 24.6. The first-order valence-electron chi connectivity index (χ1n) is 8.89. The zero-order valence-electron chi connectivity index (χ0n) is 17.0. The minimum absolute atomic E-state index is 0.0491. The van der Waals surface area contributed by atoms with Gasteiger partial charge < -0.3 is 24.1 Å². The molecule has 1 aromatic carbocycles. The normalized spacial score (nSPS) is 12.1. The maximum Gasteiger partial charge on any atom is 0.342 e. The van der Waals surface area contributed by atoms with Crippen LogP contribution in [0.15, 0.2) is 48.6 Å². The second-order valence-corrected chi connectivity index (χ2v) is 6.30. The smallest absolute Gasteiger partial charge is 0.342 e. The molecule has 0 aromatic heterocycles. The summed E-state index contributed by atoms with van der Waals surface area (Å²) in [6, 6.07) is 5.62. The summed E-state index contributed by atoms with van der Waals surface area (Å²) in [5.74, 6) is -3.35. The lowest BCUT2D eigenvalue weighted by Crippen LogP contribution is -2.34. The molecule has 0 heterocycles. The Balaban J connectivity index is 2.83. The molecule has 0 radical (unpaired) electrons. The zero-order valence-corrected chi connectivity index (χ0v) is 17.0. The third kappa shape index (κ3) is 7.51. The first-order valence-corrected chi connectivity index (χ1v) is 8.89. The number of hydrogen-bond acceptors (Lipinski definition) is 9. The summed E-state index contributed by atoms with van der Waals surface area (Å²) in [6.45, 7) is 10.5. The van der Waals surface area contributed by atoms with Crippen LogP contribution >= 0.6 is 0 Å². The van der Waals surface area contributed by atoms with Gasteiger partial charge in [0.15, 0.2) is 0 Å². The molecule has 1 aromatic rings. The summed E-state index contributed by atoms with van der Waals surface area (Å²) in [4.78, 5) is 47.7. The molecule has 0 fully saturated rings. The summed E-state index contributed by atoms with van der Waals surface area (Å²) in [5.41, 5.74) is -0.0368. The Morgan fingerprint density at radius 2 is 1.37 bits per heavy atom. The standard InChI is InChI=1S/C21H24O9/c1-12(2)17(23)27-10-11-28-19(25)15-8-6-7-9-16(15)20(26)30-21(14(5)22)29-18(24)13(3)4/h6-9,14,21-22H,1,3,10-11H2,2,4-5H3. The molecule has 0 spiro atoms. The van der Waals surface area contributed by atoms with Crippen LogP contribution in [0, 0.1) is 0 Å². The maximum absolute atomic E-state index is 12.5. The Bertz CT molecular complexity index is 839. The summed E-state index contributed by atoms with van der Waals surface area (Å²) in [7, 11) is 0. The Morgan fingerprint density at radius 3 is 1.87 bits per heavy atom. The Labute approximate surface area is 173 Å². The molecule has 2 atom stereocenters. The molecule has 30 heavy (non-hydrogen) atoms. The van der Waals surface area contributed by atoms with Gasteiger partial charge in [0, 0.05) is 11.1 Å². The number of aliphatic hydroxyl groups is 1. The van der Waals surface area contributed by atoms with Crippen LogP contribution in [0.2, 0.25) is 0 Å². The van der Waals surface area contributed by atoms with Gasteiger partial charge in [0.2, 0.25) is 0 Å². The predicted molar refractivity (Wildman–Crippen MR) is 104 cm³/mol. The molecule has 0 bridgehead atoms. The molecule has 9 heteroatoms. The summed E-state index contributed by atoms with van der Waals surface area (Å²) < 4.78 is 19.7. The van der Waals surface area contributed by atoms with Crippen LogP contribution in [0.1, 0.15) is 41.5 Å². The van der Waals surface area contributed by atoms with E-state index in [0.29, 0.717) is 0 Å². The highest BCUT2D eigenvalue weighted by atomic mass is 16.7. The molecule has 0 saturated heterocycles. The maximum atomic E-state index is 12.5. The average Bonchev–Trinajstić information content (AvgIpc) is 2.69. The van der Waals surface area contributed by atoms with E-state index < -0.39 is 36.3 Å². The SMILES string of the molecule is C=C(C)C(=O)OCCOC(=O)c1ccccc1C(=O)OC(OC(=O)C(=C)C)C(C)O. The van der Waals surface area contributed by atoms with Gasteiger partial charge in [-0.1, -0.05) is 25.3 Å². The Kier molecular flexibility index (Phi) is 9.44.